The van der Waals surface area contributed by atoms with E-state index in [0.717, 1.165) is 76.5 Å². The minimum absolute atomic E-state index is 0.313. The van der Waals surface area contributed by atoms with E-state index in [4.69, 9.17) is 11.6 Å². The van der Waals surface area contributed by atoms with Crippen LogP contribution in [0.3, 0.4) is 0 Å². The number of piperazine rings is 1. The molecule has 5 heteroatoms. The van der Waals surface area contributed by atoms with Crippen molar-refractivity contribution in [1.82, 2.24) is 9.80 Å². The Kier molecular flexibility index (Phi) is 7.04. The molecule has 1 aromatic rings. The molecule has 0 aromatic heterocycles. The quantitative estimate of drug-likeness (QED) is 0.677. The number of nitrogens with zero attached hydrogens (tertiary/aromatic N) is 3. The molecule has 150 valence electrons. The van der Waals surface area contributed by atoms with E-state index in [1.54, 1.807) is 0 Å². The van der Waals surface area contributed by atoms with E-state index in [2.05, 4.69) is 40.7 Å². The van der Waals surface area contributed by atoms with E-state index in [0.29, 0.717) is 11.3 Å². The summed E-state index contributed by atoms with van der Waals surface area (Å²) < 4.78 is 0. The number of rotatable bonds is 6. The average molecular weight is 392 g/mol. The monoisotopic (exact) mass is 391 g/mol. The lowest BCUT2D eigenvalue weighted by Gasteiger charge is -2.36. The maximum atomic E-state index is 12.3. The van der Waals surface area contributed by atoms with Crippen molar-refractivity contribution in [3.63, 3.8) is 0 Å². The van der Waals surface area contributed by atoms with Gasteiger partial charge in [0.1, 0.15) is 0 Å². The van der Waals surface area contributed by atoms with Gasteiger partial charge >= 0.3 is 0 Å². The van der Waals surface area contributed by atoms with Gasteiger partial charge in [-0.15, -0.1) is 0 Å². The van der Waals surface area contributed by atoms with Crippen LogP contribution < -0.4 is 4.90 Å². The maximum absolute atomic E-state index is 12.3. The summed E-state index contributed by atoms with van der Waals surface area (Å²) in [6.45, 7) is 11.9. The second-order valence-electron chi connectivity index (χ2n) is 8.81. The van der Waals surface area contributed by atoms with Gasteiger partial charge in [0, 0.05) is 56.4 Å². The summed E-state index contributed by atoms with van der Waals surface area (Å²) in [6.07, 6.45) is 5.16. The van der Waals surface area contributed by atoms with Gasteiger partial charge < -0.3 is 9.80 Å². The summed E-state index contributed by atoms with van der Waals surface area (Å²) in [6, 6.07) is 8.14. The highest BCUT2D eigenvalue weighted by molar-refractivity contribution is 6.30. The zero-order valence-electron chi connectivity index (χ0n) is 16.9. The fraction of sp³-hybridized carbons (Fsp3) is 0.682. The molecule has 2 aliphatic rings. The fourth-order valence-electron chi connectivity index (χ4n) is 4.07. The van der Waals surface area contributed by atoms with Crippen LogP contribution in [0.25, 0.3) is 0 Å². The van der Waals surface area contributed by atoms with Gasteiger partial charge in [-0.2, -0.15) is 0 Å². The SMILES string of the molecule is CC1(C)CCC(=O)N(CCCCN2CCN(c3cccc(Cl)c3)CC2)CC1. The first-order valence-corrected chi connectivity index (χ1v) is 10.8. The first kappa shape index (κ1) is 20.5. The molecule has 1 amide bonds. The zero-order chi connectivity index (χ0) is 19.3. The number of halogens is 1. The standard InChI is InChI=1S/C22H34ClN3O/c1-22(2)9-8-21(27)26(13-10-22)12-4-3-11-24-14-16-25(17-15-24)20-7-5-6-19(23)18-20/h5-7,18H,3-4,8-17H2,1-2H3. The van der Waals surface area contributed by atoms with E-state index < -0.39 is 0 Å². The summed E-state index contributed by atoms with van der Waals surface area (Å²) in [4.78, 5) is 19.4. The first-order chi connectivity index (χ1) is 12.9. The fourth-order valence-corrected chi connectivity index (χ4v) is 4.25. The molecule has 2 saturated heterocycles. The molecule has 2 aliphatic heterocycles. The van der Waals surface area contributed by atoms with Crippen LogP contribution in [-0.4, -0.2) is 61.5 Å². The predicted octanol–water partition coefficient (Wildman–Crippen LogP) is 4.28. The molecule has 2 fully saturated rings. The lowest BCUT2D eigenvalue weighted by molar-refractivity contribution is -0.130. The Morgan fingerprint density at radius 2 is 1.74 bits per heavy atom. The van der Waals surface area contributed by atoms with E-state index >= 15 is 0 Å². The maximum Gasteiger partial charge on any atom is 0.222 e. The zero-order valence-corrected chi connectivity index (χ0v) is 17.7. The highest BCUT2D eigenvalue weighted by atomic mass is 35.5. The van der Waals surface area contributed by atoms with Crippen molar-refractivity contribution < 1.29 is 4.79 Å². The van der Waals surface area contributed by atoms with Gasteiger partial charge in [0.15, 0.2) is 0 Å². The van der Waals surface area contributed by atoms with Crippen LogP contribution in [0.15, 0.2) is 24.3 Å². The van der Waals surface area contributed by atoms with Crippen LogP contribution in [0.2, 0.25) is 5.02 Å². The summed E-state index contributed by atoms with van der Waals surface area (Å²) >= 11 is 6.11. The summed E-state index contributed by atoms with van der Waals surface area (Å²) in [5, 5.41) is 0.807. The molecule has 0 radical (unpaired) electrons. The van der Waals surface area contributed by atoms with Crippen LogP contribution in [0.4, 0.5) is 5.69 Å². The second-order valence-corrected chi connectivity index (χ2v) is 9.25. The third kappa shape index (κ3) is 6.11. The van der Waals surface area contributed by atoms with Gasteiger partial charge in [-0.05, 0) is 55.8 Å². The van der Waals surface area contributed by atoms with Crippen molar-refractivity contribution in [2.24, 2.45) is 5.41 Å². The largest absolute Gasteiger partial charge is 0.369 e. The Balaban J connectivity index is 1.34. The molecular formula is C22H34ClN3O. The molecule has 1 aromatic carbocycles. The molecule has 0 spiro atoms. The van der Waals surface area contributed by atoms with Crippen LogP contribution in [-0.2, 0) is 4.79 Å². The van der Waals surface area contributed by atoms with Gasteiger partial charge in [-0.1, -0.05) is 31.5 Å². The topological polar surface area (TPSA) is 26.8 Å². The smallest absolute Gasteiger partial charge is 0.222 e. The molecule has 2 heterocycles. The summed E-state index contributed by atoms with van der Waals surface area (Å²) in [7, 11) is 0. The Morgan fingerprint density at radius 3 is 2.48 bits per heavy atom. The summed E-state index contributed by atoms with van der Waals surface area (Å²) in [5.41, 5.74) is 1.54. The van der Waals surface area contributed by atoms with Gasteiger partial charge in [0.05, 0.1) is 0 Å². The van der Waals surface area contributed by atoms with Crippen LogP contribution in [0.5, 0.6) is 0 Å². The molecule has 0 aliphatic carbocycles. The Bertz CT molecular complexity index is 626. The third-order valence-corrected chi connectivity index (χ3v) is 6.36. The van der Waals surface area contributed by atoms with Crippen molar-refractivity contribution >= 4 is 23.2 Å². The first-order valence-electron chi connectivity index (χ1n) is 10.4. The van der Waals surface area contributed by atoms with E-state index in [-0.39, 0.29) is 0 Å². The van der Waals surface area contributed by atoms with Gasteiger partial charge in [0.2, 0.25) is 5.91 Å². The normalized spacial score (nSPS) is 21.4. The molecular weight excluding hydrogens is 358 g/mol. The van der Waals surface area contributed by atoms with E-state index in [1.165, 1.54) is 12.1 Å². The number of benzene rings is 1. The number of likely N-dealkylation sites (tertiary alicyclic amines) is 1. The highest BCUT2D eigenvalue weighted by Gasteiger charge is 2.27. The minimum Gasteiger partial charge on any atom is -0.369 e. The molecule has 0 N–H and O–H groups in total. The van der Waals surface area contributed by atoms with Crippen LogP contribution >= 0.6 is 11.6 Å². The molecule has 0 atom stereocenters. The van der Waals surface area contributed by atoms with Crippen molar-refractivity contribution in [3.8, 4) is 0 Å². The van der Waals surface area contributed by atoms with Crippen molar-refractivity contribution in [2.45, 2.75) is 46.0 Å². The van der Waals surface area contributed by atoms with Gasteiger partial charge in [-0.25, -0.2) is 0 Å². The number of carbonyl (C=O) groups excluding carboxylic acids is 1. The second kappa shape index (κ2) is 9.29. The lowest BCUT2D eigenvalue weighted by atomic mass is 9.85. The average Bonchev–Trinajstić information content (AvgIpc) is 2.78. The molecule has 3 rings (SSSR count). The van der Waals surface area contributed by atoms with Gasteiger partial charge in [0.25, 0.3) is 0 Å². The number of carbonyl (C=O) groups is 1. The highest BCUT2D eigenvalue weighted by Crippen LogP contribution is 2.30. The predicted molar refractivity (Wildman–Crippen MR) is 114 cm³/mol. The molecule has 0 unspecified atom stereocenters. The van der Waals surface area contributed by atoms with E-state index in [1.807, 2.05) is 12.1 Å². The Hall–Kier alpha value is -1.26. The minimum atomic E-state index is 0.313. The Labute approximate surface area is 169 Å². The molecule has 27 heavy (non-hydrogen) atoms. The van der Waals surface area contributed by atoms with Crippen molar-refractivity contribution in [2.75, 3.05) is 50.7 Å². The van der Waals surface area contributed by atoms with Crippen molar-refractivity contribution in [1.29, 1.82) is 0 Å². The number of unbranched alkanes of at least 4 members (excludes halogenated alkanes) is 1. The van der Waals surface area contributed by atoms with Crippen LogP contribution in [0, 0.1) is 5.41 Å². The Morgan fingerprint density at radius 1 is 1.00 bits per heavy atom. The third-order valence-electron chi connectivity index (χ3n) is 6.12. The summed E-state index contributed by atoms with van der Waals surface area (Å²) in [5.74, 6) is 0.357. The van der Waals surface area contributed by atoms with E-state index in [9.17, 15) is 4.79 Å². The number of hydrogen-bond acceptors (Lipinski definition) is 3. The van der Waals surface area contributed by atoms with Crippen molar-refractivity contribution in [3.05, 3.63) is 29.3 Å². The molecule has 0 saturated carbocycles. The number of amides is 1. The lowest BCUT2D eigenvalue weighted by Crippen LogP contribution is -2.46. The number of anilines is 1. The van der Waals surface area contributed by atoms with Gasteiger partial charge in [-0.3, -0.25) is 9.69 Å². The number of hydrogen-bond donors (Lipinski definition) is 0. The molecule has 4 nitrogen and oxygen atoms in total. The van der Waals surface area contributed by atoms with Crippen LogP contribution in [0.1, 0.15) is 46.0 Å². The molecule has 0 bridgehead atoms.